The highest BCUT2D eigenvalue weighted by atomic mass is 16.5. The minimum Gasteiger partial charge on any atom is -0.456 e. The van der Waals surface area contributed by atoms with Gasteiger partial charge in [-0.25, -0.2) is 0 Å². The van der Waals surface area contributed by atoms with Crippen LogP contribution in [0.3, 0.4) is 0 Å². The summed E-state index contributed by atoms with van der Waals surface area (Å²) >= 11 is 0. The molecule has 1 saturated carbocycles. The van der Waals surface area contributed by atoms with Gasteiger partial charge in [0.15, 0.2) is 0 Å². The Morgan fingerprint density at radius 2 is 1.67 bits per heavy atom. The third-order valence-corrected chi connectivity index (χ3v) is 8.21. The Hall–Kier alpha value is -3.39. The van der Waals surface area contributed by atoms with Gasteiger partial charge in [0.25, 0.3) is 0 Å². The Morgan fingerprint density at radius 3 is 2.50 bits per heavy atom. The number of fused-ring (bicyclic) bond motifs is 5. The number of benzene rings is 4. The quantitative estimate of drug-likeness (QED) is 0.234. The molecule has 0 saturated heterocycles. The van der Waals surface area contributed by atoms with Crippen LogP contribution in [0.25, 0.3) is 43.6 Å². The van der Waals surface area contributed by atoms with Gasteiger partial charge >= 0.3 is 0 Å². The van der Waals surface area contributed by atoms with Crippen molar-refractivity contribution in [2.45, 2.75) is 65.2 Å². The van der Waals surface area contributed by atoms with E-state index in [0.717, 1.165) is 34.6 Å². The number of nitrogens with zero attached hydrogens (tertiary/aromatic N) is 1. The molecule has 7 rings (SSSR count). The highest BCUT2D eigenvalue weighted by Gasteiger charge is 2.28. The van der Waals surface area contributed by atoms with Crippen LogP contribution in [-0.2, 0) is 6.42 Å². The molecule has 0 radical (unpaired) electrons. The Bertz CT molecular complexity index is 1650. The second-order valence-electron chi connectivity index (χ2n) is 12.1. The van der Waals surface area contributed by atoms with Gasteiger partial charge in [-0.1, -0.05) is 82.5 Å². The van der Waals surface area contributed by atoms with Crippen molar-refractivity contribution in [3.63, 3.8) is 0 Å². The fourth-order valence-corrected chi connectivity index (χ4v) is 6.58. The Kier molecular flexibility index (Phi) is 4.90. The summed E-state index contributed by atoms with van der Waals surface area (Å²) in [7, 11) is 0. The largest absolute Gasteiger partial charge is 0.456 e. The Balaban J connectivity index is 1.48. The molecule has 2 nitrogen and oxygen atoms in total. The van der Waals surface area contributed by atoms with E-state index in [0.29, 0.717) is 5.92 Å². The van der Waals surface area contributed by atoms with Gasteiger partial charge in [-0.05, 0) is 81.3 Å². The van der Waals surface area contributed by atoms with Crippen molar-refractivity contribution in [1.82, 2.24) is 4.98 Å². The van der Waals surface area contributed by atoms with Crippen molar-refractivity contribution in [2.24, 2.45) is 5.41 Å². The molecule has 1 aliphatic carbocycles. The summed E-state index contributed by atoms with van der Waals surface area (Å²) in [5.41, 5.74) is 5.07. The molecule has 2 heterocycles. The molecule has 0 amide bonds. The summed E-state index contributed by atoms with van der Waals surface area (Å²) in [4.78, 5) is 4.94. The minimum atomic E-state index is 0.138. The molecule has 1 aliphatic heterocycles. The number of ether oxygens (including phenoxy) is 1. The predicted molar refractivity (Wildman–Crippen MR) is 151 cm³/mol. The molecule has 180 valence electrons. The second-order valence-corrected chi connectivity index (χ2v) is 12.1. The van der Waals surface area contributed by atoms with E-state index in [2.05, 4.69) is 81.4 Å². The first-order chi connectivity index (χ1) is 17.5. The van der Waals surface area contributed by atoms with E-state index in [1.165, 1.54) is 70.2 Å². The van der Waals surface area contributed by atoms with Gasteiger partial charge in [-0.15, -0.1) is 0 Å². The monoisotopic (exact) mass is 471 g/mol. The van der Waals surface area contributed by atoms with E-state index in [1.807, 2.05) is 6.20 Å². The predicted octanol–water partition coefficient (Wildman–Crippen LogP) is 9.95. The van der Waals surface area contributed by atoms with Crippen LogP contribution in [0.5, 0.6) is 11.5 Å². The molecule has 0 atom stereocenters. The molecule has 1 fully saturated rings. The number of rotatable bonds is 2. The zero-order valence-corrected chi connectivity index (χ0v) is 21.5. The van der Waals surface area contributed by atoms with Crippen LogP contribution in [0.15, 0.2) is 66.9 Å². The highest BCUT2D eigenvalue weighted by Crippen LogP contribution is 2.51. The minimum absolute atomic E-state index is 0.138. The Labute approximate surface area is 213 Å². The lowest BCUT2D eigenvalue weighted by molar-refractivity contribution is 0.400. The molecule has 36 heavy (non-hydrogen) atoms. The van der Waals surface area contributed by atoms with Gasteiger partial charge in [0.2, 0.25) is 0 Å². The maximum Gasteiger partial charge on any atom is 0.140 e. The smallest absolute Gasteiger partial charge is 0.140 e. The van der Waals surface area contributed by atoms with E-state index in [-0.39, 0.29) is 5.41 Å². The number of hydrogen-bond acceptors (Lipinski definition) is 2. The number of pyridine rings is 1. The summed E-state index contributed by atoms with van der Waals surface area (Å²) < 4.78 is 6.89. The summed E-state index contributed by atoms with van der Waals surface area (Å²) in [5, 5.41) is 7.47. The second kappa shape index (κ2) is 8.06. The van der Waals surface area contributed by atoms with Gasteiger partial charge in [-0.2, -0.15) is 0 Å². The van der Waals surface area contributed by atoms with E-state index in [1.54, 1.807) is 0 Å². The number of aromatic nitrogens is 1. The average molecular weight is 472 g/mol. The molecule has 0 bridgehead atoms. The third kappa shape index (κ3) is 3.50. The van der Waals surface area contributed by atoms with E-state index < -0.39 is 0 Å². The molecule has 1 aromatic heterocycles. The van der Waals surface area contributed by atoms with Crippen molar-refractivity contribution >= 4 is 32.3 Å². The van der Waals surface area contributed by atoms with E-state index in [9.17, 15) is 0 Å². The first kappa shape index (κ1) is 21.9. The third-order valence-electron chi connectivity index (χ3n) is 8.21. The van der Waals surface area contributed by atoms with Gasteiger partial charge in [0.1, 0.15) is 11.5 Å². The van der Waals surface area contributed by atoms with Crippen LogP contribution >= 0.6 is 0 Å². The van der Waals surface area contributed by atoms with Crippen LogP contribution < -0.4 is 4.74 Å². The van der Waals surface area contributed by atoms with Gasteiger partial charge in [-0.3, -0.25) is 4.98 Å². The molecule has 0 spiro atoms. The number of hydrogen-bond donors (Lipinski definition) is 0. The Morgan fingerprint density at radius 1 is 0.833 bits per heavy atom. The SMILES string of the molecule is CC(C)(C)Cc1c2c(cc3ccccc13)-c1nccc3c1c(cc1cc(C4CCCCC4)ccc13)O2. The summed E-state index contributed by atoms with van der Waals surface area (Å²) in [6, 6.07) is 22.6. The molecular weight excluding hydrogens is 438 g/mol. The standard InChI is InChI=1S/C34H33NO/c1-34(2,3)20-29-25-12-8-7-11-23(25)18-28-32-31-27(15-16-35-32)26-14-13-22(21-9-5-4-6-10-21)17-24(26)19-30(31)36-33(28)29/h7-8,11-19,21H,4-6,9-10,20H2,1-3H3. The maximum absolute atomic E-state index is 6.89. The van der Waals surface area contributed by atoms with Gasteiger partial charge in [0.05, 0.1) is 11.1 Å². The van der Waals surface area contributed by atoms with Gasteiger partial charge in [0, 0.05) is 17.3 Å². The molecule has 2 heteroatoms. The van der Waals surface area contributed by atoms with E-state index in [4.69, 9.17) is 9.72 Å². The molecule has 5 aromatic rings. The first-order valence-corrected chi connectivity index (χ1v) is 13.5. The zero-order chi connectivity index (χ0) is 24.4. The molecule has 2 aliphatic rings. The van der Waals surface area contributed by atoms with Crippen molar-refractivity contribution in [1.29, 1.82) is 0 Å². The van der Waals surface area contributed by atoms with E-state index >= 15 is 0 Å². The lowest BCUT2D eigenvalue weighted by Crippen LogP contribution is -2.12. The maximum atomic E-state index is 6.89. The fourth-order valence-electron chi connectivity index (χ4n) is 6.58. The van der Waals surface area contributed by atoms with Crippen LogP contribution in [0, 0.1) is 5.41 Å². The van der Waals surface area contributed by atoms with Crippen LogP contribution in [-0.4, -0.2) is 4.98 Å². The van der Waals surface area contributed by atoms with Gasteiger partial charge < -0.3 is 4.74 Å². The van der Waals surface area contributed by atoms with Crippen molar-refractivity contribution < 1.29 is 4.74 Å². The average Bonchev–Trinajstić information content (AvgIpc) is 2.89. The van der Waals surface area contributed by atoms with Crippen molar-refractivity contribution in [3.8, 4) is 22.8 Å². The summed E-state index contributed by atoms with van der Waals surface area (Å²) in [6.07, 6.45) is 9.63. The van der Waals surface area contributed by atoms with Crippen LogP contribution in [0.4, 0.5) is 0 Å². The normalized spacial score (nSPS) is 15.9. The topological polar surface area (TPSA) is 22.1 Å². The zero-order valence-electron chi connectivity index (χ0n) is 21.5. The lowest BCUT2D eigenvalue weighted by Gasteiger charge is -2.28. The molecule has 0 N–H and O–H groups in total. The van der Waals surface area contributed by atoms with Crippen LogP contribution in [0.1, 0.15) is 69.9 Å². The summed E-state index contributed by atoms with van der Waals surface area (Å²) in [5.74, 6) is 2.62. The van der Waals surface area contributed by atoms with Crippen LogP contribution in [0.2, 0.25) is 0 Å². The summed E-state index contributed by atoms with van der Waals surface area (Å²) in [6.45, 7) is 6.91. The first-order valence-electron chi connectivity index (χ1n) is 13.5. The lowest BCUT2D eigenvalue weighted by atomic mass is 9.82. The van der Waals surface area contributed by atoms with Crippen molar-refractivity contribution in [3.05, 3.63) is 78.0 Å². The molecule has 0 unspecified atom stereocenters. The fraction of sp³-hybridized carbons (Fsp3) is 0.324. The molecule has 4 aromatic carbocycles. The molecular formula is C34H33NO. The highest BCUT2D eigenvalue weighted by molar-refractivity contribution is 6.16. The van der Waals surface area contributed by atoms with Crippen molar-refractivity contribution in [2.75, 3.05) is 0 Å².